The standard InChI is InChI=1S/C13H11BrN2O3/c14-8-3-1-4-9(7-8)16-12-10(5-2-6-19-12)11(15-16)13(17)18/h1,3-4,7H,2,5-6H2,(H,17,18). The van der Waals surface area contributed by atoms with Crippen LogP contribution < -0.4 is 4.74 Å². The van der Waals surface area contributed by atoms with Gasteiger partial charge in [0.05, 0.1) is 12.3 Å². The van der Waals surface area contributed by atoms with Crippen LogP contribution in [0.25, 0.3) is 5.69 Å². The van der Waals surface area contributed by atoms with E-state index in [0.717, 1.165) is 16.6 Å². The van der Waals surface area contributed by atoms with Crippen molar-refractivity contribution < 1.29 is 14.6 Å². The first kappa shape index (κ1) is 12.2. The molecule has 19 heavy (non-hydrogen) atoms. The lowest BCUT2D eigenvalue weighted by molar-refractivity contribution is 0.0688. The molecule has 98 valence electrons. The summed E-state index contributed by atoms with van der Waals surface area (Å²) >= 11 is 3.39. The van der Waals surface area contributed by atoms with E-state index in [-0.39, 0.29) is 5.69 Å². The average molecular weight is 323 g/mol. The SMILES string of the molecule is O=C(O)c1nn(-c2cccc(Br)c2)c2c1CCCO2. The first-order valence-corrected chi connectivity index (χ1v) is 6.70. The quantitative estimate of drug-likeness (QED) is 0.923. The van der Waals surface area contributed by atoms with Gasteiger partial charge in [-0.15, -0.1) is 0 Å². The zero-order chi connectivity index (χ0) is 13.4. The van der Waals surface area contributed by atoms with Gasteiger partial charge in [-0.1, -0.05) is 22.0 Å². The molecule has 0 unspecified atom stereocenters. The van der Waals surface area contributed by atoms with Crippen LogP contribution in [0.1, 0.15) is 22.5 Å². The van der Waals surface area contributed by atoms with Crippen LogP contribution in [-0.4, -0.2) is 27.5 Å². The number of ether oxygens (including phenoxy) is 1. The maximum absolute atomic E-state index is 11.2. The number of aromatic nitrogens is 2. The second-order valence-corrected chi connectivity index (χ2v) is 5.20. The molecule has 2 aromatic rings. The smallest absolute Gasteiger partial charge is 0.356 e. The minimum absolute atomic E-state index is 0.0784. The Morgan fingerprint density at radius 1 is 1.47 bits per heavy atom. The number of hydrogen-bond donors (Lipinski definition) is 1. The second-order valence-electron chi connectivity index (χ2n) is 4.28. The van der Waals surface area contributed by atoms with Crippen molar-refractivity contribution in [2.75, 3.05) is 6.61 Å². The predicted molar refractivity (Wildman–Crippen MR) is 72.0 cm³/mol. The number of carboxylic acids is 1. The number of carbonyl (C=O) groups is 1. The van der Waals surface area contributed by atoms with Gasteiger partial charge in [-0.25, -0.2) is 4.79 Å². The van der Waals surface area contributed by atoms with Crippen LogP contribution in [0.3, 0.4) is 0 Å². The van der Waals surface area contributed by atoms with E-state index in [1.165, 1.54) is 0 Å². The number of halogens is 1. The van der Waals surface area contributed by atoms with Gasteiger partial charge in [-0.05, 0) is 31.0 Å². The third-order valence-electron chi connectivity index (χ3n) is 3.00. The number of nitrogens with zero attached hydrogens (tertiary/aromatic N) is 2. The number of aromatic carboxylic acids is 1. The Morgan fingerprint density at radius 2 is 2.32 bits per heavy atom. The van der Waals surface area contributed by atoms with Crippen molar-refractivity contribution in [2.45, 2.75) is 12.8 Å². The summed E-state index contributed by atoms with van der Waals surface area (Å²) in [4.78, 5) is 11.2. The Bertz CT molecular complexity index is 651. The van der Waals surface area contributed by atoms with Gasteiger partial charge in [-0.2, -0.15) is 9.78 Å². The van der Waals surface area contributed by atoms with Gasteiger partial charge in [0.1, 0.15) is 0 Å². The fourth-order valence-corrected chi connectivity index (χ4v) is 2.57. The normalized spacial score (nSPS) is 13.7. The summed E-state index contributed by atoms with van der Waals surface area (Å²) in [6.07, 6.45) is 1.50. The van der Waals surface area contributed by atoms with Crippen LogP contribution in [-0.2, 0) is 6.42 Å². The van der Waals surface area contributed by atoms with Gasteiger partial charge in [0.15, 0.2) is 5.69 Å². The van der Waals surface area contributed by atoms with Gasteiger partial charge in [0.2, 0.25) is 5.88 Å². The zero-order valence-electron chi connectivity index (χ0n) is 9.97. The average Bonchev–Trinajstić information content (AvgIpc) is 2.78. The molecule has 1 N–H and O–H groups in total. The number of hydrogen-bond acceptors (Lipinski definition) is 3. The van der Waals surface area contributed by atoms with Crippen molar-refractivity contribution in [3.8, 4) is 11.6 Å². The van der Waals surface area contributed by atoms with Gasteiger partial charge >= 0.3 is 5.97 Å². The van der Waals surface area contributed by atoms with Gasteiger partial charge in [0.25, 0.3) is 0 Å². The van der Waals surface area contributed by atoms with Gasteiger partial charge in [-0.3, -0.25) is 0 Å². The molecule has 0 saturated heterocycles. The number of benzene rings is 1. The fourth-order valence-electron chi connectivity index (χ4n) is 2.18. The molecule has 6 heteroatoms. The molecule has 1 aliphatic rings. The molecule has 0 spiro atoms. The fraction of sp³-hybridized carbons (Fsp3) is 0.231. The van der Waals surface area contributed by atoms with Crippen molar-refractivity contribution in [2.24, 2.45) is 0 Å². The second kappa shape index (κ2) is 4.70. The molecule has 1 aromatic heterocycles. The largest absolute Gasteiger partial charge is 0.477 e. The molecule has 0 atom stereocenters. The van der Waals surface area contributed by atoms with Gasteiger partial charge < -0.3 is 9.84 Å². The Kier molecular flexibility index (Phi) is 3.02. The Hall–Kier alpha value is -1.82. The van der Waals surface area contributed by atoms with Crippen LogP contribution >= 0.6 is 15.9 Å². The molecular weight excluding hydrogens is 312 g/mol. The summed E-state index contributed by atoms with van der Waals surface area (Å²) in [7, 11) is 0. The molecule has 0 saturated carbocycles. The van der Waals surface area contributed by atoms with Crippen molar-refractivity contribution in [3.05, 3.63) is 40.0 Å². The Balaban J connectivity index is 2.19. The molecule has 0 amide bonds. The maximum atomic E-state index is 11.2. The molecular formula is C13H11BrN2O3. The molecule has 1 aliphatic heterocycles. The monoisotopic (exact) mass is 322 g/mol. The van der Waals surface area contributed by atoms with Crippen LogP contribution in [0.2, 0.25) is 0 Å². The van der Waals surface area contributed by atoms with E-state index in [1.54, 1.807) is 4.68 Å². The molecule has 1 aromatic carbocycles. The topological polar surface area (TPSA) is 64.3 Å². The van der Waals surface area contributed by atoms with Crippen LogP contribution in [0, 0.1) is 0 Å². The summed E-state index contributed by atoms with van der Waals surface area (Å²) in [5.74, 6) is -0.475. The number of carboxylic acid groups (broad SMARTS) is 1. The van der Waals surface area contributed by atoms with E-state index in [1.807, 2.05) is 24.3 Å². The number of rotatable bonds is 2. The molecule has 0 bridgehead atoms. The van der Waals surface area contributed by atoms with E-state index in [4.69, 9.17) is 4.74 Å². The van der Waals surface area contributed by atoms with Crippen molar-refractivity contribution in [1.82, 2.24) is 9.78 Å². The molecule has 5 nitrogen and oxygen atoms in total. The highest BCUT2D eigenvalue weighted by atomic mass is 79.9. The van der Waals surface area contributed by atoms with Crippen LogP contribution in [0.4, 0.5) is 0 Å². The van der Waals surface area contributed by atoms with E-state index in [2.05, 4.69) is 21.0 Å². The lowest BCUT2D eigenvalue weighted by Gasteiger charge is -2.15. The van der Waals surface area contributed by atoms with E-state index in [9.17, 15) is 9.90 Å². The first-order chi connectivity index (χ1) is 9.16. The van der Waals surface area contributed by atoms with E-state index in [0.29, 0.717) is 24.5 Å². The highest BCUT2D eigenvalue weighted by Crippen LogP contribution is 2.31. The predicted octanol–water partition coefficient (Wildman–Crippen LogP) is 2.66. The lowest BCUT2D eigenvalue weighted by Crippen LogP contribution is -2.11. The molecule has 3 rings (SSSR count). The molecule has 0 radical (unpaired) electrons. The molecule has 0 aliphatic carbocycles. The van der Waals surface area contributed by atoms with E-state index >= 15 is 0 Å². The van der Waals surface area contributed by atoms with Crippen molar-refractivity contribution >= 4 is 21.9 Å². The molecule has 2 heterocycles. The maximum Gasteiger partial charge on any atom is 0.356 e. The highest BCUT2D eigenvalue weighted by Gasteiger charge is 2.26. The van der Waals surface area contributed by atoms with E-state index < -0.39 is 5.97 Å². The summed E-state index contributed by atoms with van der Waals surface area (Å²) in [6.45, 7) is 0.589. The van der Waals surface area contributed by atoms with Crippen molar-refractivity contribution in [1.29, 1.82) is 0 Å². The summed E-state index contributed by atoms with van der Waals surface area (Å²) in [5.41, 5.74) is 1.54. The Labute approximate surface area is 117 Å². The minimum Gasteiger partial charge on any atom is -0.477 e. The number of fused-ring (bicyclic) bond motifs is 1. The summed E-state index contributed by atoms with van der Waals surface area (Å²) in [6, 6.07) is 7.51. The highest BCUT2D eigenvalue weighted by molar-refractivity contribution is 9.10. The van der Waals surface area contributed by atoms with Crippen LogP contribution in [0.5, 0.6) is 5.88 Å². The van der Waals surface area contributed by atoms with Crippen molar-refractivity contribution in [3.63, 3.8) is 0 Å². The molecule has 0 fully saturated rings. The van der Waals surface area contributed by atoms with Crippen LogP contribution in [0.15, 0.2) is 28.7 Å². The minimum atomic E-state index is -1.02. The summed E-state index contributed by atoms with van der Waals surface area (Å²) in [5, 5.41) is 13.4. The lowest BCUT2D eigenvalue weighted by atomic mass is 10.1. The third kappa shape index (κ3) is 2.12. The third-order valence-corrected chi connectivity index (χ3v) is 3.49. The zero-order valence-corrected chi connectivity index (χ0v) is 11.6. The van der Waals surface area contributed by atoms with Gasteiger partial charge in [0, 0.05) is 10.0 Å². The Morgan fingerprint density at radius 3 is 3.05 bits per heavy atom. The summed E-state index contributed by atoms with van der Waals surface area (Å²) < 4.78 is 8.06. The first-order valence-electron chi connectivity index (χ1n) is 5.91.